The number of aryl methyl sites for hydroxylation is 1. The third-order valence-corrected chi connectivity index (χ3v) is 13.6. The Kier molecular flexibility index (Phi) is 18.8. The fourth-order valence-electron chi connectivity index (χ4n) is 8.39. The van der Waals surface area contributed by atoms with Gasteiger partial charge in [-0.05, 0) is 67.7 Å². The fraction of sp³-hybridized carbons (Fsp3) is 0.562. The van der Waals surface area contributed by atoms with Crippen molar-refractivity contribution < 1.29 is 33.4 Å². The maximum absolute atomic E-state index is 13.9. The predicted octanol–water partition coefficient (Wildman–Crippen LogP) is 6.99. The van der Waals surface area contributed by atoms with E-state index in [0.29, 0.717) is 78.4 Å². The maximum Gasteiger partial charge on any atom is 0.246 e. The van der Waals surface area contributed by atoms with Gasteiger partial charge in [-0.3, -0.25) is 19.2 Å². The Hall–Kier alpha value is -4.81. The highest BCUT2D eigenvalue weighted by atomic mass is 32.1. The van der Waals surface area contributed by atoms with Gasteiger partial charge in [-0.15, -0.1) is 22.7 Å². The zero-order chi connectivity index (χ0) is 46.1. The number of nitrogens with one attached hydrogen (secondary N) is 4. The minimum Gasteiger partial charge on any atom is -0.381 e. The number of ether oxygens (including phenoxy) is 3. The Bertz CT molecular complexity index is 2120. The van der Waals surface area contributed by atoms with Crippen LogP contribution in [-0.2, 0) is 46.4 Å². The van der Waals surface area contributed by atoms with Gasteiger partial charge in [0.1, 0.15) is 17.9 Å². The van der Waals surface area contributed by atoms with Crippen LogP contribution in [-0.4, -0.2) is 108 Å². The number of thiazole rings is 2. The molecular weight excluding hydrogens is 865 g/mol. The number of amides is 4. The number of benzene rings is 1. The summed E-state index contributed by atoms with van der Waals surface area (Å²) in [5.41, 5.74) is 4.71. The summed E-state index contributed by atoms with van der Waals surface area (Å²) in [4.78, 5) is 70.0. The molecule has 0 radical (unpaired) electrons. The molecule has 1 saturated carbocycles. The van der Waals surface area contributed by atoms with Crippen molar-refractivity contribution in [2.45, 2.75) is 111 Å². The Balaban J connectivity index is 0.814. The largest absolute Gasteiger partial charge is 0.381 e. The molecule has 1 aliphatic heterocycles. The zero-order valence-electron chi connectivity index (χ0n) is 38.3. The molecule has 1 aromatic carbocycles. The molecule has 1 aliphatic carbocycles. The van der Waals surface area contributed by atoms with Gasteiger partial charge < -0.3 is 40.4 Å². The molecule has 352 valence electrons. The number of pyridine rings is 1. The molecule has 1 unspecified atom stereocenters. The minimum absolute atomic E-state index is 0.0615. The van der Waals surface area contributed by atoms with Gasteiger partial charge >= 0.3 is 0 Å². The van der Waals surface area contributed by atoms with Gasteiger partial charge in [-0.2, -0.15) is 0 Å². The SMILES string of the molecule is Cc1ncsc1-c1ccc(CNC(=O)[C@@H]2CCCN2C(=O)C(NC(=O)CCOCCCOCCOCCNC(=O)C2(Cc3cccc(Nc4nccs4)n3)CCCCC2)C(C)(C)C)cc1. The van der Waals surface area contributed by atoms with E-state index in [1.165, 1.54) is 11.3 Å². The first kappa shape index (κ1) is 49.6. The molecule has 3 aromatic heterocycles. The Morgan fingerprint density at radius 2 is 1.63 bits per heavy atom. The van der Waals surface area contributed by atoms with Gasteiger partial charge in [0, 0.05) is 63.0 Å². The number of likely N-dealkylation sites (tertiary alicyclic amines) is 1. The summed E-state index contributed by atoms with van der Waals surface area (Å²) in [6.45, 7) is 11.3. The number of carbonyl (C=O) groups is 4. The molecule has 2 atom stereocenters. The van der Waals surface area contributed by atoms with Crippen molar-refractivity contribution in [1.29, 1.82) is 0 Å². The molecule has 1 saturated heterocycles. The second-order valence-electron chi connectivity index (χ2n) is 17.9. The number of carbonyl (C=O) groups excluding carboxylic acids is 4. The molecule has 4 N–H and O–H groups in total. The lowest BCUT2D eigenvalue weighted by Crippen LogP contribution is -2.57. The highest BCUT2D eigenvalue weighted by molar-refractivity contribution is 7.13. The van der Waals surface area contributed by atoms with Crippen LogP contribution in [0.1, 0.15) is 95.5 Å². The zero-order valence-corrected chi connectivity index (χ0v) is 40.0. The van der Waals surface area contributed by atoms with E-state index in [2.05, 4.69) is 31.2 Å². The van der Waals surface area contributed by atoms with Crippen LogP contribution in [0.5, 0.6) is 0 Å². The van der Waals surface area contributed by atoms with Crippen molar-refractivity contribution >= 4 is 57.3 Å². The number of anilines is 2. The second kappa shape index (κ2) is 24.6. The number of rotatable bonds is 24. The number of hydrogen-bond donors (Lipinski definition) is 4. The first-order valence-corrected chi connectivity index (χ1v) is 24.7. The molecule has 6 rings (SSSR count). The minimum atomic E-state index is -0.796. The molecule has 4 amide bonds. The van der Waals surface area contributed by atoms with Crippen LogP contribution in [0, 0.1) is 17.8 Å². The van der Waals surface area contributed by atoms with Crippen molar-refractivity contribution in [2.24, 2.45) is 10.8 Å². The lowest BCUT2D eigenvalue weighted by molar-refractivity contribution is -0.144. The molecule has 17 heteroatoms. The number of nitrogens with zero attached hydrogens (tertiary/aromatic N) is 4. The number of hydrogen-bond acceptors (Lipinski definition) is 13. The van der Waals surface area contributed by atoms with Gasteiger partial charge in [-0.25, -0.2) is 15.0 Å². The van der Waals surface area contributed by atoms with Crippen LogP contribution in [0.4, 0.5) is 10.9 Å². The molecule has 15 nitrogen and oxygen atoms in total. The average Bonchev–Trinajstić information content (AvgIpc) is 4.10. The smallest absolute Gasteiger partial charge is 0.246 e. The van der Waals surface area contributed by atoms with Crippen LogP contribution in [0.2, 0.25) is 0 Å². The van der Waals surface area contributed by atoms with E-state index in [1.54, 1.807) is 22.4 Å². The molecule has 2 fully saturated rings. The monoisotopic (exact) mass is 930 g/mol. The van der Waals surface area contributed by atoms with Crippen LogP contribution < -0.4 is 21.3 Å². The Morgan fingerprint density at radius 1 is 0.877 bits per heavy atom. The summed E-state index contributed by atoms with van der Waals surface area (Å²) < 4.78 is 17.1. The molecule has 0 bridgehead atoms. The summed E-state index contributed by atoms with van der Waals surface area (Å²) in [5.74, 6) is 0.0597. The number of aromatic nitrogens is 3. The van der Waals surface area contributed by atoms with E-state index in [0.717, 1.165) is 70.4 Å². The van der Waals surface area contributed by atoms with Gasteiger partial charge in [0.15, 0.2) is 5.13 Å². The van der Waals surface area contributed by atoms with E-state index in [1.807, 2.05) is 81.1 Å². The van der Waals surface area contributed by atoms with Crippen molar-refractivity contribution in [3.63, 3.8) is 0 Å². The molecule has 0 spiro atoms. The third kappa shape index (κ3) is 14.8. The van der Waals surface area contributed by atoms with Crippen molar-refractivity contribution in [2.75, 3.05) is 58.0 Å². The van der Waals surface area contributed by atoms with Gasteiger partial charge in [0.25, 0.3) is 0 Å². The topological polar surface area (TPSA) is 186 Å². The summed E-state index contributed by atoms with van der Waals surface area (Å²) >= 11 is 3.11. The van der Waals surface area contributed by atoms with Gasteiger partial charge in [0.2, 0.25) is 23.6 Å². The first-order chi connectivity index (χ1) is 31.4. The van der Waals surface area contributed by atoms with E-state index >= 15 is 0 Å². The normalized spacial score (nSPS) is 16.5. The van der Waals surface area contributed by atoms with Crippen molar-refractivity contribution in [3.8, 4) is 10.4 Å². The van der Waals surface area contributed by atoms with E-state index in [-0.39, 0.29) is 36.7 Å². The van der Waals surface area contributed by atoms with Crippen molar-refractivity contribution in [3.05, 3.63) is 76.5 Å². The standard InChI is InChI=1S/C48H66N8O7S2/c1-34-41(65-33-52-34)36-16-14-35(15-17-36)32-51-43(58)38-12-9-23-56(38)44(59)42(47(2,3)4)55-40(57)18-26-61-24-10-25-62-28-29-63-27-21-49-45(60)48(19-6-5-7-20-48)31-37-11-8-13-39(53-37)54-46-50-22-30-64-46/h8,11,13-17,22,30,33,38,42H,5-7,9-10,12,18-21,23-29,31-32H2,1-4H3,(H,49,60)(H,51,58)(H,55,57)(H,50,53,54)/t38-,42?/m0/s1. The van der Waals surface area contributed by atoms with Gasteiger partial charge in [0.05, 0.1) is 47.9 Å². The van der Waals surface area contributed by atoms with E-state index < -0.39 is 22.9 Å². The van der Waals surface area contributed by atoms with Crippen LogP contribution >= 0.6 is 22.7 Å². The molecule has 65 heavy (non-hydrogen) atoms. The summed E-state index contributed by atoms with van der Waals surface area (Å²) in [7, 11) is 0. The Labute approximate surface area is 391 Å². The first-order valence-electron chi connectivity index (χ1n) is 22.9. The van der Waals surface area contributed by atoms with Crippen molar-refractivity contribution in [1.82, 2.24) is 35.8 Å². The van der Waals surface area contributed by atoms with Crippen LogP contribution in [0.3, 0.4) is 0 Å². The lowest BCUT2D eigenvalue weighted by Gasteiger charge is -2.35. The highest BCUT2D eigenvalue weighted by Gasteiger charge is 2.42. The predicted molar refractivity (Wildman–Crippen MR) is 254 cm³/mol. The van der Waals surface area contributed by atoms with Crippen LogP contribution in [0.15, 0.2) is 59.6 Å². The molecule has 4 heterocycles. The molecule has 2 aliphatic rings. The summed E-state index contributed by atoms with van der Waals surface area (Å²) in [6, 6.07) is 12.5. The summed E-state index contributed by atoms with van der Waals surface area (Å²) in [5, 5.41) is 15.0. The maximum atomic E-state index is 13.9. The lowest BCUT2D eigenvalue weighted by atomic mass is 9.70. The molecule has 4 aromatic rings. The second-order valence-corrected chi connectivity index (χ2v) is 19.7. The molecular formula is C48H66N8O7S2. The van der Waals surface area contributed by atoms with E-state index in [4.69, 9.17) is 19.2 Å². The highest BCUT2D eigenvalue weighted by Crippen LogP contribution is 2.39. The fourth-order valence-corrected chi connectivity index (χ4v) is 9.74. The van der Waals surface area contributed by atoms with Crippen LogP contribution in [0.25, 0.3) is 10.4 Å². The van der Waals surface area contributed by atoms with E-state index in [9.17, 15) is 19.2 Å². The average molecular weight is 931 g/mol. The quantitative estimate of drug-likeness (QED) is 0.0531. The van der Waals surface area contributed by atoms with Gasteiger partial charge in [-0.1, -0.05) is 70.4 Å². The Morgan fingerprint density at radius 3 is 2.34 bits per heavy atom. The summed E-state index contributed by atoms with van der Waals surface area (Å²) in [6.07, 6.45) is 9.24. The third-order valence-electron chi connectivity index (χ3n) is 11.9.